The van der Waals surface area contributed by atoms with E-state index in [4.69, 9.17) is 0 Å². The third-order valence-electron chi connectivity index (χ3n) is 0.917. The third-order valence-corrected chi connectivity index (χ3v) is 1.50. The molecule has 0 aliphatic carbocycles. The summed E-state index contributed by atoms with van der Waals surface area (Å²) in [7, 11) is 0. The van der Waals surface area contributed by atoms with Gasteiger partial charge in [0, 0.05) is 0 Å². The average Bonchev–Trinajstić information content (AvgIpc) is 1.90. The van der Waals surface area contributed by atoms with Gasteiger partial charge >= 0.3 is 58.4 Å². The summed E-state index contributed by atoms with van der Waals surface area (Å²) < 4.78 is 2.01. The second-order valence-electron chi connectivity index (χ2n) is 1.51. The molecule has 0 N–H and O–H groups in total. The summed E-state index contributed by atoms with van der Waals surface area (Å²) >= 11 is 2.48. The fraction of sp³-hybridized carbons (Fsp3) is 0. The Morgan fingerprint density at radius 1 is 1.00 bits per heavy atom. The minimum absolute atomic E-state index is 0. The van der Waals surface area contributed by atoms with E-state index in [9.17, 15) is 0 Å². The van der Waals surface area contributed by atoms with Gasteiger partial charge in [0.2, 0.25) is 0 Å². The molecular weight excluding hydrogens is 439 g/mol. The van der Waals surface area contributed by atoms with Crippen LogP contribution in [0.25, 0.3) is 0 Å². The van der Waals surface area contributed by atoms with Gasteiger partial charge in [0.25, 0.3) is 0 Å². The number of hydrogen-bond donors (Lipinski definition) is 0. The topological polar surface area (TPSA) is 0 Å². The van der Waals surface area contributed by atoms with Crippen molar-refractivity contribution in [1.29, 1.82) is 0 Å². The van der Waals surface area contributed by atoms with Crippen LogP contribution in [0.5, 0.6) is 0 Å². The van der Waals surface area contributed by atoms with Gasteiger partial charge in [-0.25, -0.2) is 0 Å². The van der Waals surface area contributed by atoms with Crippen molar-refractivity contribution in [2.24, 2.45) is 0 Å². The summed E-state index contributed by atoms with van der Waals surface area (Å²) in [4.78, 5) is 0. The molecular formula is C7H6I2Ru. The summed E-state index contributed by atoms with van der Waals surface area (Å²) in [6.07, 6.45) is 0. The van der Waals surface area contributed by atoms with E-state index in [2.05, 4.69) is 30.0 Å². The molecule has 1 rings (SSSR count). The van der Waals surface area contributed by atoms with Crippen molar-refractivity contribution in [3.05, 3.63) is 35.9 Å². The molecule has 56 valence electrons. The van der Waals surface area contributed by atoms with E-state index < -0.39 is 0 Å². The fourth-order valence-corrected chi connectivity index (χ4v) is 0.856. The third kappa shape index (κ3) is 4.91. The van der Waals surface area contributed by atoms with Crippen molar-refractivity contribution in [1.82, 2.24) is 0 Å². The van der Waals surface area contributed by atoms with Crippen LogP contribution in [0.4, 0.5) is 0 Å². The Labute approximate surface area is 105 Å². The molecule has 0 spiro atoms. The molecule has 10 heavy (non-hydrogen) atoms. The maximum absolute atomic E-state index is 2.48. The van der Waals surface area contributed by atoms with Crippen molar-refractivity contribution >= 4 is 4.61 Å². The predicted octanol–water partition coefficient (Wildman–Crippen LogP) is -4.61. The fourth-order valence-electron chi connectivity index (χ4n) is 0.521. The molecule has 0 aliphatic heterocycles. The van der Waals surface area contributed by atoms with Gasteiger partial charge in [-0.2, -0.15) is 0 Å². The number of benzene rings is 1. The molecule has 0 unspecified atom stereocenters. The van der Waals surface area contributed by atoms with Crippen molar-refractivity contribution in [3.63, 3.8) is 0 Å². The van der Waals surface area contributed by atoms with Crippen LogP contribution in [0.1, 0.15) is 5.56 Å². The number of hydrogen-bond acceptors (Lipinski definition) is 0. The van der Waals surface area contributed by atoms with E-state index >= 15 is 0 Å². The van der Waals surface area contributed by atoms with E-state index in [1.54, 1.807) is 0 Å². The van der Waals surface area contributed by atoms with Crippen LogP contribution in [-0.4, -0.2) is 4.61 Å². The van der Waals surface area contributed by atoms with Gasteiger partial charge in [-0.05, 0) is 0 Å². The van der Waals surface area contributed by atoms with Gasteiger partial charge in [0.1, 0.15) is 0 Å². The van der Waals surface area contributed by atoms with Crippen molar-refractivity contribution in [2.45, 2.75) is 0 Å². The standard InChI is InChI=1S/C7H6.2HI.Ru/c1-7-5-3-2-4-6-7;;;/h1-6H;2*1H;/q;;;+2/p-2. The molecule has 0 saturated carbocycles. The first-order chi connectivity index (χ1) is 3.93. The maximum atomic E-state index is 2.48. The zero-order valence-electron chi connectivity index (χ0n) is 5.07. The Morgan fingerprint density at radius 3 is 1.80 bits per heavy atom. The van der Waals surface area contributed by atoms with Gasteiger partial charge in [0.05, 0.1) is 0 Å². The zero-order chi connectivity index (χ0) is 5.82. The second kappa shape index (κ2) is 8.27. The molecule has 0 aromatic heterocycles. The molecule has 0 aliphatic rings. The van der Waals surface area contributed by atoms with Gasteiger partial charge in [-0.15, -0.1) is 0 Å². The van der Waals surface area contributed by atoms with Gasteiger partial charge in [-0.3, -0.25) is 0 Å². The van der Waals surface area contributed by atoms with Gasteiger partial charge in [0.15, 0.2) is 0 Å². The molecule has 0 heterocycles. The zero-order valence-corrected chi connectivity index (χ0v) is 11.1. The Balaban J connectivity index is 0. The van der Waals surface area contributed by atoms with Crippen molar-refractivity contribution < 1.29 is 65.8 Å². The van der Waals surface area contributed by atoms with Crippen LogP contribution in [-0.2, 0) is 17.9 Å². The minimum atomic E-state index is 0. The number of halogens is 2. The molecule has 0 radical (unpaired) electrons. The molecule has 3 heteroatoms. The average molecular weight is 445 g/mol. The summed E-state index contributed by atoms with van der Waals surface area (Å²) in [5, 5.41) is 0. The SMILES string of the molecule is [I-].[I-].[Ru+2]=[CH]c1ccccc1. The van der Waals surface area contributed by atoms with E-state index in [0.717, 1.165) is 0 Å². The van der Waals surface area contributed by atoms with Crippen molar-refractivity contribution in [2.75, 3.05) is 0 Å². The van der Waals surface area contributed by atoms with Crippen molar-refractivity contribution in [3.8, 4) is 0 Å². The molecule has 1 aromatic rings. The molecule has 1 aromatic carbocycles. The van der Waals surface area contributed by atoms with Gasteiger partial charge < -0.3 is 48.0 Å². The second-order valence-corrected chi connectivity index (χ2v) is 2.01. The first kappa shape index (κ1) is 13.7. The summed E-state index contributed by atoms with van der Waals surface area (Å²) in [5.74, 6) is 0. The quantitative estimate of drug-likeness (QED) is 0.302. The molecule has 0 fully saturated rings. The monoisotopic (exact) mass is 446 g/mol. The van der Waals surface area contributed by atoms with E-state index in [-0.39, 0.29) is 48.0 Å². The summed E-state index contributed by atoms with van der Waals surface area (Å²) in [6.45, 7) is 0. The van der Waals surface area contributed by atoms with E-state index in [0.29, 0.717) is 0 Å². The number of rotatable bonds is 1. The van der Waals surface area contributed by atoms with Crippen LogP contribution in [0.15, 0.2) is 30.3 Å². The Hall–Kier alpha value is 1.17. The first-order valence-corrected chi connectivity index (χ1v) is 3.41. The van der Waals surface area contributed by atoms with Crippen LogP contribution in [0.3, 0.4) is 0 Å². The molecule has 0 atom stereocenters. The molecule has 0 amide bonds. The molecule has 0 nitrogen and oxygen atoms in total. The van der Waals surface area contributed by atoms with E-state index in [1.165, 1.54) is 5.56 Å². The summed E-state index contributed by atoms with van der Waals surface area (Å²) in [5.41, 5.74) is 1.25. The normalized spacial score (nSPS) is 6.80. The predicted molar refractivity (Wildman–Crippen MR) is 31.6 cm³/mol. The Bertz CT molecular complexity index is 174. The van der Waals surface area contributed by atoms with E-state index in [1.807, 2.05) is 22.8 Å². The van der Waals surface area contributed by atoms with Crippen LogP contribution in [0.2, 0.25) is 0 Å². The molecule has 0 saturated heterocycles. The van der Waals surface area contributed by atoms with Crippen LogP contribution in [0, 0.1) is 0 Å². The summed E-state index contributed by atoms with van der Waals surface area (Å²) in [6, 6.07) is 10.2. The van der Waals surface area contributed by atoms with Crippen LogP contribution < -0.4 is 48.0 Å². The molecule has 0 bridgehead atoms. The Morgan fingerprint density at radius 2 is 1.50 bits per heavy atom. The first-order valence-electron chi connectivity index (χ1n) is 2.40. The van der Waals surface area contributed by atoms with Crippen LogP contribution >= 0.6 is 0 Å². The van der Waals surface area contributed by atoms with Gasteiger partial charge in [-0.1, -0.05) is 0 Å². The Kier molecular flexibility index (Phi) is 11.4.